The molecule has 98 valence electrons. The number of nitrogens with one attached hydrogen (secondary N) is 1. The van der Waals surface area contributed by atoms with Gasteiger partial charge >= 0.3 is 0 Å². The van der Waals surface area contributed by atoms with Crippen molar-refractivity contribution >= 4 is 34.8 Å². The standard InChI is InChI=1S/C12H6Cl2F2N2O/c13-6-2-1-3-7(15)9(6)12(19)18-8-4-5-17-11(14)10(8)16/h1-5H,(H,17,18,19). The first-order valence-corrected chi connectivity index (χ1v) is 5.81. The van der Waals surface area contributed by atoms with E-state index in [1.165, 1.54) is 24.4 Å². The van der Waals surface area contributed by atoms with Gasteiger partial charge in [-0.15, -0.1) is 0 Å². The molecule has 19 heavy (non-hydrogen) atoms. The molecule has 0 spiro atoms. The number of amides is 1. The van der Waals surface area contributed by atoms with Gasteiger partial charge < -0.3 is 5.32 Å². The Hall–Kier alpha value is -1.72. The second-order valence-corrected chi connectivity index (χ2v) is 4.28. The molecule has 3 nitrogen and oxygen atoms in total. The molecule has 1 aromatic carbocycles. The van der Waals surface area contributed by atoms with Crippen LogP contribution in [0.25, 0.3) is 0 Å². The minimum absolute atomic E-state index is 0.0712. The minimum Gasteiger partial charge on any atom is -0.319 e. The van der Waals surface area contributed by atoms with Crippen molar-refractivity contribution < 1.29 is 13.6 Å². The zero-order valence-corrected chi connectivity index (χ0v) is 10.8. The van der Waals surface area contributed by atoms with Crippen LogP contribution in [-0.4, -0.2) is 10.9 Å². The lowest BCUT2D eigenvalue weighted by Gasteiger charge is -2.08. The van der Waals surface area contributed by atoms with Crippen molar-refractivity contribution in [1.82, 2.24) is 4.98 Å². The number of hydrogen-bond acceptors (Lipinski definition) is 2. The first-order valence-electron chi connectivity index (χ1n) is 5.06. The molecule has 1 amide bonds. The largest absolute Gasteiger partial charge is 0.319 e. The van der Waals surface area contributed by atoms with Crippen LogP contribution < -0.4 is 5.32 Å². The minimum atomic E-state index is -0.898. The van der Waals surface area contributed by atoms with Crippen LogP contribution in [0.15, 0.2) is 30.5 Å². The van der Waals surface area contributed by atoms with Crippen LogP contribution in [0.3, 0.4) is 0 Å². The Morgan fingerprint density at radius 2 is 1.95 bits per heavy atom. The maximum Gasteiger partial charge on any atom is 0.260 e. The number of aromatic nitrogens is 1. The van der Waals surface area contributed by atoms with Gasteiger partial charge in [-0.1, -0.05) is 29.3 Å². The fourth-order valence-electron chi connectivity index (χ4n) is 1.41. The highest BCUT2D eigenvalue weighted by Crippen LogP contribution is 2.23. The van der Waals surface area contributed by atoms with E-state index in [0.29, 0.717) is 0 Å². The molecule has 0 aliphatic heterocycles. The van der Waals surface area contributed by atoms with Crippen molar-refractivity contribution in [2.45, 2.75) is 0 Å². The quantitative estimate of drug-likeness (QED) is 0.854. The normalized spacial score (nSPS) is 10.3. The van der Waals surface area contributed by atoms with Gasteiger partial charge in [0.1, 0.15) is 5.82 Å². The van der Waals surface area contributed by atoms with Crippen LogP contribution in [-0.2, 0) is 0 Å². The van der Waals surface area contributed by atoms with Crippen LogP contribution in [0, 0.1) is 11.6 Å². The summed E-state index contributed by atoms with van der Waals surface area (Å²) < 4.78 is 27.0. The highest BCUT2D eigenvalue weighted by Gasteiger charge is 2.18. The number of carbonyl (C=O) groups is 1. The molecule has 0 radical (unpaired) electrons. The Bertz CT molecular complexity index is 629. The Morgan fingerprint density at radius 3 is 2.63 bits per heavy atom. The first kappa shape index (κ1) is 13.7. The third kappa shape index (κ3) is 2.83. The fourth-order valence-corrected chi connectivity index (χ4v) is 1.82. The Morgan fingerprint density at radius 1 is 1.21 bits per heavy atom. The molecule has 7 heteroatoms. The van der Waals surface area contributed by atoms with Crippen LogP contribution in [0.2, 0.25) is 10.2 Å². The van der Waals surface area contributed by atoms with Gasteiger partial charge in [0.05, 0.1) is 16.3 Å². The summed E-state index contributed by atoms with van der Waals surface area (Å²) in [6, 6.07) is 5.00. The van der Waals surface area contributed by atoms with Gasteiger partial charge in [-0.05, 0) is 18.2 Å². The summed E-state index contributed by atoms with van der Waals surface area (Å²) in [5.74, 6) is -2.57. The SMILES string of the molecule is O=C(Nc1ccnc(Cl)c1F)c1c(F)cccc1Cl. The zero-order valence-electron chi connectivity index (χ0n) is 9.25. The predicted octanol–water partition coefficient (Wildman–Crippen LogP) is 3.92. The summed E-state index contributed by atoms with van der Waals surface area (Å²) in [7, 11) is 0. The molecule has 0 unspecified atom stereocenters. The van der Waals surface area contributed by atoms with Gasteiger partial charge in [0.15, 0.2) is 11.0 Å². The number of hydrogen-bond donors (Lipinski definition) is 1. The van der Waals surface area contributed by atoms with Gasteiger partial charge in [0.25, 0.3) is 5.91 Å². The van der Waals surface area contributed by atoms with Gasteiger partial charge in [0.2, 0.25) is 0 Å². The number of carbonyl (C=O) groups excluding carboxylic acids is 1. The molecular formula is C12H6Cl2F2N2O. The fraction of sp³-hybridized carbons (Fsp3) is 0. The highest BCUT2D eigenvalue weighted by molar-refractivity contribution is 6.34. The number of nitrogens with zero attached hydrogens (tertiary/aromatic N) is 1. The van der Waals surface area contributed by atoms with E-state index in [0.717, 1.165) is 6.07 Å². The van der Waals surface area contributed by atoms with E-state index >= 15 is 0 Å². The Kier molecular flexibility index (Phi) is 3.97. The van der Waals surface area contributed by atoms with E-state index in [4.69, 9.17) is 23.2 Å². The first-order chi connectivity index (χ1) is 9.00. The molecular weight excluding hydrogens is 297 g/mol. The summed E-state index contributed by atoms with van der Waals surface area (Å²) >= 11 is 11.2. The van der Waals surface area contributed by atoms with Crippen molar-refractivity contribution in [2.75, 3.05) is 5.32 Å². The average Bonchev–Trinajstić information content (AvgIpc) is 2.35. The maximum atomic E-state index is 13.5. The smallest absolute Gasteiger partial charge is 0.260 e. The van der Waals surface area contributed by atoms with E-state index in [1.54, 1.807) is 0 Å². The van der Waals surface area contributed by atoms with Crippen LogP contribution in [0.5, 0.6) is 0 Å². The lowest BCUT2D eigenvalue weighted by atomic mass is 10.2. The molecule has 0 bridgehead atoms. The molecule has 2 aromatic rings. The summed E-state index contributed by atoms with van der Waals surface area (Å²) in [4.78, 5) is 15.3. The summed E-state index contributed by atoms with van der Waals surface area (Å²) in [6.45, 7) is 0. The zero-order chi connectivity index (χ0) is 14.0. The molecule has 0 fully saturated rings. The van der Waals surface area contributed by atoms with E-state index in [9.17, 15) is 13.6 Å². The van der Waals surface area contributed by atoms with Crippen molar-refractivity contribution in [3.8, 4) is 0 Å². The third-order valence-corrected chi connectivity index (χ3v) is 2.86. The summed E-state index contributed by atoms with van der Waals surface area (Å²) in [5, 5.41) is 1.72. The van der Waals surface area contributed by atoms with Gasteiger partial charge in [-0.25, -0.2) is 13.8 Å². The van der Waals surface area contributed by atoms with Crippen molar-refractivity contribution in [3.63, 3.8) is 0 Å². The van der Waals surface area contributed by atoms with E-state index in [-0.39, 0.29) is 16.3 Å². The number of rotatable bonds is 2. The summed E-state index contributed by atoms with van der Waals surface area (Å²) in [6.07, 6.45) is 1.21. The number of halogens is 4. The topological polar surface area (TPSA) is 42.0 Å². The van der Waals surface area contributed by atoms with Crippen molar-refractivity contribution in [3.05, 3.63) is 57.8 Å². The molecule has 0 aliphatic rings. The van der Waals surface area contributed by atoms with Crippen LogP contribution in [0.1, 0.15) is 10.4 Å². The van der Waals surface area contributed by atoms with Gasteiger partial charge in [0, 0.05) is 6.20 Å². The number of anilines is 1. The Labute approximate surface area is 117 Å². The molecule has 2 rings (SSSR count). The predicted molar refractivity (Wildman–Crippen MR) is 68.6 cm³/mol. The molecule has 0 aliphatic carbocycles. The molecule has 0 atom stereocenters. The molecule has 1 heterocycles. The lowest BCUT2D eigenvalue weighted by molar-refractivity contribution is 0.102. The van der Waals surface area contributed by atoms with Crippen LogP contribution in [0.4, 0.5) is 14.5 Å². The van der Waals surface area contributed by atoms with Crippen molar-refractivity contribution in [2.24, 2.45) is 0 Å². The van der Waals surface area contributed by atoms with E-state index in [2.05, 4.69) is 10.3 Å². The lowest BCUT2D eigenvalue weighted by Crippen LogP contribution is -2.15. The molecule has 1 N–H and O–H groups in total. The monoisotopic (exact) mass is 302 g/mol. The van der Waals surface area contributed by atoms with E-state index < -0.39 is 22.7 Å². The van der Waals surface area contributed by atoms with Gasteiger partial charge in [-0.2, -0.15) is 0 Å². The van der Waals surface area contributed by atoms with Gasteiger partial charge in [-0.3, -0.25) is 4.79 Å². The molecule has 1 aromatic heterocycles. The summed E-state index contributed by atoms with van der Waals surface area (Å²) in [5.41, 5.74) is -0.569. The van der Waals surface area contributed by atoms with Crippen molar-refractivity contribution in [1.29, 1.82) is 0 Å². The molecule has 0 saturated carbocycles. The average molecular weight is 303 g/mol. The second kappa shape index (κ2) is 5.50. The van der Waals surface area contributed by atoms with Crippen LogP contribution >= 0.6 is 23.2 Å². The number of pyridine rings is 1. The molecule has 0 saturated heterocycles. The third-order valence-electron chi connectivity index (χ3n) is 2.28. The Balaban J connectivity index is 2.34. The number of benzene rings is 1. The van der Waals surface area contributed by atoms with E-state index in [1.807, 2.05) is 0 Å². The highest BCUT2D eigenvalue weighted by atomic mass is 35.5. The maximum absolute atomic E-state index is 13.5. The second-order valence-electron chi connectivity index (χ2n) is 3.51.